The first-order valence-corrected chi connectivity index (χ1v) is 5.45. The van der Waals surface area contributed by atoms with E-state index in [4.69, 9.17) is 9.52 Å². The Kier molecular flexibility index (Phi) is 2.28. The molecule has 0 aliphatic carbocycles. The van der Waals surface area contributed by atoms with Crippen LogP contribution in [-0.4, -0.2) is 25.8 Å². The number of nitrogens with zero attached hydrogens (tertiary/aromatic N) is 2. The minimum atomic E-state index is -1.07. The molecule has 2 aromatic heterocycles. The molecule has 0 spiro atoms. The predicted octanol–water partition coefficient (Wildman–Crippen LogP) is 1.22. The van der Waals surface area contributed by atoms with Crippen LogP contribution < -0.4 is 5.76 Å². The minimum Gasteiger partial charge on any atom is -0.477 e. The van der Waals surface area contributed by atoms with Gasteiger partial charge in [-0.15, -0.1) is 0 Å². The van der Waals surface area contributed by atoms with E-state index in [1.165, 1.54) is 10.6 Å². The quantitative estimate of drug-likeness (QED) is 0.720. The van der Waals surface area contributed by atoms with Crippen LogP contribution in [0.3, 0.4) is 0 Å². The van der Waals surface area contributed by atoms with Crippen molar-refractivity contribution in [3.05, 3.63) is 40.5 Å². The molecule has 0 fully saturated rings. The number of carboxylic acids is 1. The fourth-order valence-electron chi connectivity index (χ4n) is 1.87. The molecule has 0 unspecified atom stereocenters. The number of aryl methyl sites for hydroxylation is 1. The molecule has 3 aromatic rings. The number of benzene rings is 1. The van der Waals surface area contributed by atoms with Crippen LogP contribution in [0.1, 0.15) is 10.5 Å². The minimum absolute atomic E-state index is 0.0104. The van der Waals surface area contributed by atoms with Gasteiger partial charge in [0.1, 0.15) is 5.69 Å². The van der Waals surface area contributed by atoms with Gasteiger partial charge in [0.2, 0.25) is 0 Å². The van der Waals surface area contributed by atoms with Crippen molar-refractivity contribution in [2.45, 2.75) is 0 Å². The molecule has 0 aliphatic heterocycles. The Morgan fingerprint density at radius 2 is 2.21 bits per heavy atom. The van der Waals surface area contributed by atoms with E-state index in [1.54, 1.807) is 25.2 Å². The van der Waals surface area contributed by atoms with E-state index in [2.05, 4.69) is 10.2 Å². The molecule has 0 atom stereocenters. The summed E-state index contributed by atoms with van der Waals surface area (Å²) in [5, 5.41) is 15.2. The van der Waals surface area contributed by atoms with Crippen LogP contribution >= 0.6 is 0 Å². The Labute approximate surface area is 106 Å². The van der Waals surface area contributed by atoms with Crippen LogP contribution in [0.4, 0.5) is 0 Å². The third-order valence-electron chi connectivity index (χ3n) is 2.90. The molecule has 0 saturated carbocycles. The Bertz CT molecular complexity index is 840. The second kappa shape index (κ2) is 3.84. The van der Waals surface area contributed by atoms with Crippen LogP contribution in [0.5, 0.6) is 0 Å². The summed E-state index contributed by atoms with van der Waals surface area (Å²) in [4.78, 5) is 22.2. The Morgan fingerprint density at radius 1 is 1.42 bits per heavy atom. The highest BCUT2D eigenvalue weighted by molar-refractivity contribution is 5.87. The van der Waals surface area contributed by atoms with Crippen molar-refractivity contribution in [2.75, 3.05) is 0 Å². The number of fused-ring (bicyclic) bond motifs is 1. The highest BCUT2D eigenvalue weighted by atomic mass is 16.4. The number of aromatic carboxylic acids is 1. The lowest BCUT2D eigenvalue weighted by molar-refractivity contribution is 0.0690. The van der Waals surface area contributed by atoms with Gasteiger partial charge in [-0.2, -0.15) is 5.10 Å². The summed E-state index contributed by atoms with van der Waals surface area (Å²) in [6.45, 7) is 0. The van der Waals surface area contributed by atoms with Crippen molar-refractivity contribution < 1.29 is 14.3 Å². The molecular weight excluding hydrogens is 250 g/mol. The Morgan fingerprint density at radius 3 is 2.89 bits per heavy atom. The lowest BCUT2D eigenvalue weighted by atomic mass is 10.1. The number of hydrogen-bond acceptors (Lipinski definition) is 4. The van der Waals surface area contributed by atoms with Crippen molar-refractivity contribution in [3.63, 3.8) is 0 Å². The van der Waals surface area contributed by atoms with Gasteiger partial charge >= 0.3 is 11.7 Å². The van der Waals surface area contributed by atoms with Gasteiger partial charge in [0, 0.05) is 12.6 Å². The number of rotatable bonds is 2. The maximum Gasteiger partial charge on any atom is 0.419 e. The highest BCUT2D eigenvalue weighted by Crippen LogP contribution is 2.22. The van der Waals surface area contributed by atoms with Crippen LogP contribution in [0.15, 0.2) is 33.5 Å². The first-order valence-electron chi connectivity index (χ1n) is 5.45. The highest BCUT2D eigenvalue weighted by Gasteiger charge is 2.12. The molecule has 19 heavy (non-hydrogen) atoms. The van der Waals surface area contributed by atoms with E-state index in [0.717, 1.165) is 0 Å². The summed E-state index contributed by atoms with van der Waals surface area (Å²) in [5.41, 5.74) is 2.31. The maximum absolute atomic E-state index is 11.4. The third kappa shape index (κ3) is 1.71. The first-order chi connectivity index (χ1) is 9.06. The van der Waals surface area contributed by atoms with E-state index in [-0.39, 0.29) is 5.69 Å². The van der Waals surface area contributed by atoms with Crippen molar-refractivity contribution in [1.29, 1.82) is 0 Å². The number of oxazole rings is 1. The van der Waals surface area contributed by atoms with Crippen molar-refractivity contribution in [2.24, 2.45) is 7.05 Å². The van der Waals surface area contributed by atoms with E-state index >= 15 is 0 Å². The zero-order valence-electron chi connectivity index (χ0n) is 9.88. The summed E-state index contributed by atoms with van der Waals surface area (Å²) in [7, 11) is 1.60. The molecule has 3 rings (SSSR count). The van der Waals surface area contributed by atoms with E-state index in [1.807, 2.05) is 0 Å². The van der Waals surface area contributed by atoms with Crippen molar-refractivity contribution >= 4 is 17.1 Å². The van der Waals surface area contributed by atoms with E-state index in [0.29, 0.717) is 22.4 Å². The summed E-state index contributed by atoms with van der Waals surface area (Å²) < 4.78 is 6.40. The molecule has 2 heterocycles. The second-order valence-electron chi connectivity index (χ2n) is 4.08. The molecule has 0 bridgehead atoms. The molecule has 1 aromatic carbocycles. The molecular formula is C12H9N3O4. The smallest absolute Gasteiger partial charge is 0.419 e. The van der Waals surface area contributed by atoms with Gasteiger partial charge < -0.3 is 9.52 Å². The summed E-state index contributed by atoms with van der Waals surface area (Å²) in [5.74, 6) is -1.52. The van der Waals surface area contributed by atoms with Gasteiger partial charge in [-0.25, -0.2) is 9.59 Å². The van der Waals surface area contributed by atoms with Gasteiger partial charge in [-0.3, -0.25) is 9.67 Å². The molecule has 0 saturated heterocycles. The van der Waals surface area contributed by atoms with Crippen LogP contribution in [0.2, 0.25) is 0 Å². The van der Waals surface area contributed by atoms with Crippen molar-refractivity contribution in [1.82, 2.24) is 14.8 Å². The molecule has 0 aliphatic rings. The molecule has 2 N–H and O–H groups in total. The molecule has 7 heteroatoms. The number of aromatic amines is 1. The number of carboxylic acid groups (broad SMARTS) is 1. The number of hydrogen-bond donors (Lipinski definition) is 2. The zero-order chi connectivity index (χ0) is 13.6. The lowest BCUT2D eigenvalue weighted by Crippen LogP contribution is -2.08. The summed E-state index contributed by atoms with van der Waals surface area (Å²) in [6.07, 6.45) is 0. The van der Waals surface area contributed by atoms with Crippen molar-refractivity contribution in [3.8, 4) is 11.3 Å². The number of aromatic nitrogens is 3. The fourth-order valence-corrected chi connectivity index (χ4v) is 1.87. The molecule has 96 valence electrons. The first kappa shape index (κ1) is 11.3. The average molecular weight is 259 g/mol. The van der Waals surface area contributed by atoms with Gasteiger partial charge in [0.05, 0.1) is 11.2 Å². The van der Waals surface area contributed by atoms with Crippen LogP contribution in [0.25, 0.3) is 22.4 Å². The predicted molar refractivity (Wildman–Crippen MR) is 66.0 cm³/mol. The van der Waals surface area contributed by atoms with E-state index in [9.17, 15) is 9.59 Å². The standard InChI is InChI=1S/C12H9N3O4/c1-15-9-4-6(2-3-10(9)19-12(15)18)7-5-8(11(16)17)14-13-7/h2-5H,1H3,(H,13,14)(H,16,17). The van der Waals surface area contributed by atoms with E-state index < -0.39 is 11.7 Å². The molecule has 7 nitrogen and oxygen atoms in total. The number of carbonyl (C=O) groups is 1. The number of H-pyrrole nitrogens is 1. The van der Waals surface area contributed by atoms with Gasteiger partial charge in [0.25, 0.3) is 0 Å². The Balaban J connectivity index is 2.16. The van der Waals surface area contributed by atoms with Crippen LogP contribution in [0, 0.1) is 0 Å². The van der Waals surface area contributed by atoms with Gasteiger partial charge in [0.15, 0.2) is 5.58 Å². The largest absolute Gasteiger partial charge is 0.477 e. The summed E-state index contributed by atoms with van der Waals surface area (Å²) >= 11 is 0. The van der Waals surface area contributed by atoms with Crippen LogP contribution in [-0.2, 0) is 7.05 Å². The van der Waals surface area contributed by atoms with Gasteiger partial charge in [-0.1, -0.05) is 0 Å². The molecule has 0 radical (unpaired) electrons. The lowest BCUT2D eigenvalue weighted by Gasteiger charge is -1.96. The number of nitrogens with one attached hydrogen (secondary N) is 1. The second-order valence-corrected chi connectivity index (χ2v) is 4.08. The van der Waals surface area contributed by atoms with Gasteiger partial charge in [-0.05, 0) is 24.3 Å². The fraction of sp³-hybridized carbons (Fsp3) is 0.0833. The normalized spacial score (nSPS) is 11.0. The SMILES string of the molecule is Cn1c(=O)oc2ccc(-c3cc(C(=O)O)[nH]n3)cc21. The topological polar surface area (TPSA) is 101 Å². The maximum atomic E-state index is 11.4. The monoisotopic (exact) mass is 259 g/mol. The Hall–Kier alpha value is -2.83. The summed E-state index contributed by atoms with van der Waals surface area (Å²) in [6, 6.07) is 6.53. The zero-order valence-corrected chi connectivity index (χ0v) is 9.88. The third-order valence-corrected chi connectivity index (χ3v) is 2.90. The average Bonchev–Trinajstić information content (AvgIpc) is 2.96. The molecule has 0 amide bonds.